The maximum atomic E-state index is 12.9. The number of amides is 1. The van der Waals surface area contributed by atoms with E-state index in [2.05, 4.69) is 9.97 Å². The van der Waals surface area contributed by atoms with E-state index in [1.165, 1.54) is 12.1 Å². The molecule has 1 aliphatic heterocycles. The summed E-state index contributed by atoms with van der Waals surface area (Å²) < 4.78 is 12.9. The SMILES string of the molecule is O=C(CCSCc1ccc(F)cc1)N1CCC(c2ccncn2)CC1. The Morgan fingerprint density at radius 1 is 1.20 bits per heavy atom. The number of thioether (sulfide) groups is 1. The number of carbonyl (C=O) groups excluding carboxylic acids is 1. The zero-order valence-electron chi connectivity index (χ0n) is 14.1. The number of hydrogen-bond donors (Lipinski definition) is 0. The van der Waals surface area contributed by atoms with Gasteiger partial charge in [0.1, 0.15) is 12.1 Å². The van der Waals surface area contributed by atoms with Crippen LogP contribution in [0.2, 0.25) is 0 Å². The summed E-state index contributed by atoms with van der Waals surface area (Å²) in [6.45, 7) is 1.60. The summed E-state index contributed by atoms with van der Waals surface area (Å²) in [6, 6.07) is 8.50. The number of aromatic nitrogens is 2. The molecule has 2 heterocycles. The molecule has 25 heavy (non-hydrogen) atoms. The van der Waals surface area contributed by atoms with Crippen molar-refractivity contribution in [2.75, 3.05) is 18.8 Å². The third-order valence-electron chi connectivity index (χ3n) is 4.51. The monoisotopic (exact) mass is 359 g/mol. The smallest absolute Gasteiger partial charge is 0.223 e. The lowest BCUT2D eigenvalue weighted by Gasteiger charge is -2.31. The number of nitrogens with zero attached hydrogens (tertiary/aromatic N) is 3. The number of rotatable bonds is 6. The van der Waals surface area contributed by atoms with Crippen LogP contribution >= 0.6 is 11.8 Å². The Morgan fingerprint density at radius 2 is 1.96 bits per heavy atom. The molecule has 4 nitrogen and oxygen atoms in total. The molecule has 132 valence electrons. The van der Waals surface area contributed by atoms with E-state index in [4.69, 9.17) is 0 Å². The molecule has 6 heteroatoms. The van der Waals surface area contributed by atoms with Crippen molar-refractivity contribution in [2.45, 2.75) is 30.9 Å². The first-order chi connectivity index (χ1) is 12.2. The quantitative estimate of drug-likeness (QED) is 0.739. The molecule has 1 aromatic heterocycles. The van der Waals surface area contributed by atoms with Crippen molar-refractivity contribution < 1.29 is 9.18 Å². The van der Waals surface area contributed by atoms with Gasteiger partial charge in [0.15, 0.2) is 0 Å². The molecule has 1 aliphatic rings. The van der Waals surface area contributed by atoms with Crippen molar-refractivity contribution in [3.63, 3.8) is 0 Å². The lowest BCUT2D eigenvalue weighted by atomic mass is 9.93. The van der Waals surface area contributed by atoms with Gasteiger partial charge in [0.25, 0.3) is 0 Å². The van der Waals surface area contributed by atoms with E-state index < -0.39 is 0 Å². The molecular weight excluding hydrogens is 337 g/mol. The summed E-state index contributed by atoms with van der Waals surface area (Å²) in [5, 5.41) is 0. The van der Waals surface area contributed by atoms with Gasteiger partial charge in [-0.05, 0) is 36.6 Å². The van der Waals surface area contributed by atoms with Gasteiger partial charge in [-0.1, -0.05) is 12.1 Å². The number of hydrogen-bond acceptors (Lipinski definition) is 4. The summed E-state index contributed by atoms with van der Waals surface area (Å²) in [7, 11) is 0. The predicted molar refractivity (Wildman–Crippen MR) is 97.8 cm³/mol. The largest absolute Gasteiger partial charge is 0.343 e. The third kappa shape index (κ3) is 5.26. The summed E-state index contributed by atoms with van der Waals surface area (Å²) in [4.78, 5) is 22.6. The average Bonchev–Trinajstić information content (AvgIpc) is 2.67. The molecule has 0 saturated carbocycles. The summed E-state index contributed by atoms with van der Waals surface area (Å²) in [6.07, 6.45) is 5.85. The number of halogens is 1. The van der Waals surface area contributed by atoms with Crippen LogP contribution in [0.3, 0.4) is 0 Å². The van der Waals surface area contributed by atoms with Gasteiger partial charge >= 0.3 is 0 Å². The number of likely N-dealkylation sites (tertiary alicyclic amines) is 1. The highest BCUT2D eigenvalue weighted by Crippen LogP contribution is 2.26. The van der Waals surface area contributed by atoms with Crippen LogP contribution in [-0.4, -0.2) is 39.6 Å². The third-order valence-corrected chi connectivity index (χ3v) is 5.54. The van der Waals surface area contributed by atoms with Crippen LogP contribution in [0.15, 0.2) is 42.9 Å². The summed E-state index contributed by atoms with van der Waals surface area (Å²) in [5.74, 6) is 2.05. The molecule has 0 aliphatic carbocycles. The lowest BCUT2D eigenvalue weighted by Crippen LogP contribution is -2.38. The van der Waals surface area contributed by atoms with Gasteiger partial charge in [0.05, 0.1) is 0 Å². The fraction of sp³-hybridized carbons (Fsp3) is 0.421. The van der Waals surface area contributed by atoms with Crippen molar-refractivity contribution >= 4 is 17.7 Å². The molecule has 0 N–H and O–H groups in total. The first kappa shape index (κ1) is 17.9. The van der Waals surface area contributed by atoms with E-state index >= 15 is 0 Å². The molecule has 1 saturated heterocycles. The van der Waals surface area contributed by atoms with Crippen molar-refractivity contribution in [1.82, 2.24) is 14.9 Å². The van der Waals surface area contributed by atoms with Crippen LogP contribution < -0.4 is 0 Å². The van der Waals surface area contributed by atoms with E-state index in [0.717, 1.165) is 48.7 Å². The van der Waals surface area contributed by atoms with Gasteiger partial charge in [-0.2, -0.15) is 11.8 Å². The Morgan fingerprint density at radius 3 is 2.64 bits per heavy atom. The van der Waals surface area contributed by atoms with Gasteiger partial charge in [-0.25, -0.2) is 14.4 Å². The minimum atomic E-state index is -0.214. The van der Waals surface area contributed by atoms with Gasteiger partial charge < -0.3 is 4.90 Å². The second-order valence-electron chi connectivity index (χ2n) is 6.22. The molecule has 1 amide bonds. The molecular formula is C19H22FN3OS. The van der Waals surface area contributed by atoms with Crippen LogP contribution in [0.4, 0.5) is 4.39 Å². The van der Waals surface area contributed by atoms with Crippen molar-refractivity contribution in [2.24, 2.45) is 0 Å². The van der Waals surface area contributed by atoms with Gasteiger partial charge in [0.2, 0.25) is 5.91 Å². The van der Waals surface area contributed by atoms with Crippen molar-refractivity contribution in [1.29, 1.82) is 0 Å². The molecule has 0 atom stereocenters. The van der Waals surface area contributed by atoms with Gasteiger partial charge in [-0.15, -0.1) is 0 Å². The molecule has 1 fully saturated rings. The molecule has 0 bridgehead atoms. The highest BCUT2D eigenvalue weighted by Gasteiger charge is 2.24. The van der Waals surface area contributed by atoms with Crippen LogP contribution in [0, 0.1) is 5.82 Å². The first-order valence-corrected chi connectivity index (χ1v) is 9.74. The van der Waals surface area contributed by atoms with E-state index in [1.807, 2.05) is 11.0 Å². The maximum absolute atomic E-state index is 12.9. The second-order valence-corrected chi connectivity index (χ2v) is 7.32. The molecule has 3 rings (SSSR count). The van der Waals surface area contributed by atoms with Crippen LogP contribution in [0.1, 0.15) is 36.4 Å². The number of piperidine rings is 1. The lowest BCUT2D eigenvalue weighted by molar-refractivity contribution is -0.131. The first-order valence-electron chi connectivity index (χ1n) is 8.58. The van der Waals surface area contributed by atoms with Crippen LogP contribution in [0.25, 0.3) is 0 Å². The summed E-state index contributed by atoms with van der Waals surface area (Å²) >= 11 is 1.72. The zero-order valence-corrected chi connectivity index (χ0v) is 14.9. The average molecular weight is 359 g/mol. The summed E-state index contributed by atoms with van der Waals surface area (Å²) in [5.41, 5.74) is 2.17. The Labute approximate surface area is 151 Å². The van der Waals surface area contributed by atoms with Crippen molar-refractivity contribution in [3.8, 4) is 0 Å². The Balaban J connectivity index is 1.36. The fourth-order valence-corrected chi connectivity index (χ4v) is 3.95. The van der Waals surface area contributed by atoms with Gasteiger partial charge in [0, 0.05) is 48.8 Å². The Bertz CT molecular complexity index is 673. The second kappa shape index (κ2) is 8.94. The van der Waals surface area contributed by atoms with Crippen LogP contribution in [-0.2, 0) is 10.5 Å². The minimum Gasteiger partial charge on any atom is -0.343 e. The highest BCUT2D eigenvalue weighted by molar-refractivity contribution is 7.98. The van der Waals surface area contributed by atoms with Crippen LogP contribution in [0.5, 0.6) is 0 Å². The Hall–Kier alpha value is -1.95. The van der Waals surface area contributed by atoms with E-state index in [9.17, 15) is 9.18 Å². The molecule has 1 aromatic carbocycles. The normalized spacial score (nSPS) is 15.3. The van der Waals surface area contributed by atoms with E-state index in [1.54, 1.807) is 36.4 Å². The maximum Gasteiger partial charge on any atom is 0.223 e. The fourth-order valence-electron chi connectivity index (χ4n) is 3.06. The zero-order chi connectivity index (χ0) is 17.5. The predicted octanol–water partition coefficient (Wildman–Crippen LogP) is 3.65. The molecule has 0 unspecified atom stereocenters. The molecule has 2 aromatic rings. The highest BCUT2D eigenvalue weighted by atomic mass is 32.2. The van der Waals surface area contributed by atoms with E-state index in [-0.39, 0.29) is 11.7 Å². The molecule has 0 radical (unpaired) electrons. The van der Waals surface area contributed by atoms with E-state index in [0.29, 0.717) is 12.3 Å². The van der Waals surface area contributed by atoms with Gasteiger partial charge in [-0.3, -0.25) is 4.79 Å². The van der Waals surface area contributed by atoms with Crippen molar-refractivity contribution in [3.05, 3.63) is 59.9 Å². The Kier molecular flexibility index (Phi) is 6.39. The molecule has 0 spiro atoms. The number of carbonyl (C=O) groups is 1. The standard InChI is InChI=1S/C19H22FN3OS/c20-17-3-1-15(2-4-17)13-25-12-8-19(24)23-10-6-16(7-11-23)18-5-9-21-14-22-18/h1-5,9,14,16H,6-8,10-13H2. The minimum absolute atomic E-state index is 0.214. The number of benzene rings is 1. The topological polar surface area (TPSA) is 46.1 Å².